The van der Waals surface area contributed by atoms with Crippen molar-refractivity contribution in [1.82, 2.24) is 19.6 Å². The standard InChI is InChI=1S/C11H12Cl2N4/c12-8-6-9(13)17-11(14-8)15-10(16-17)7-4-2-1-3-5-7/h6-7H,1-5H2. The van der Waals surface area contributed by atoms with E-state index in [-0.39, 0.29) is 0 Å². The number of aromatic nitrogens is 4. The highest BCUT2D eigenvalue weighted by molar-refractivity contribution is 6.33. The first-order chi connectivity index (χ1) is 8.24. The van der Waals surface area contributed by atoms with Crippen LogP contribution in [0.15, 0.2) is 6.07 Å². The van der Waals surface area contributed by atoms with Gasteiger partial charge in [0, 0.05) is 12.0 Å². The molecular formula is C11H12Cl2N4. The number of rotatable bonds is 1. The molecule has 0 unspecified atom stereocenters. The Bertz CT molecular complexity index is 546. The van der Waals surface area contributed by atoms with E-state index in [2.05, 4.69) is 15.1 Å². The number of hydrogen-bond acceptors (Lipinski definition) is 3. The summed E-state index contributed by atoms with van der Waals surface area (Å²) >= 11 is 11.9. The molecule has 1 fully saturated rings. The lowest BCUT2D eigenvalue weighted by molar-refractivity contribution is 0.429. The molecule has 0 radical (unpaired) electrons. The Balaban J connectivity index is 2.03. The molecule has 3 rings (SSSR count). The third-order valence-electron chi connectivity index (χ3n) is 3.22. The largest absolute Gasteiger partial charge is 0.255 e. The molecule has 2 heterocycles. The predicted octanol–water partition coefficient (Wildman–Crippen LogP) is 3.48. The van der Waals surface area contributed by atoms with E-state index >= 15 is 0 Å². The number of halogens is 2. The van der Waals surface area contributed by atoms with Crippen LogP contribution in [0.1, 0.15) is 43.8 Å². The molecule has 0 atom stereocenters. The van der Waals surface area contributed by atoms with Gasteiger partial charge in [-0.2, -0.15) is 14.5 Å². The summed E-state index contributed by atoms with van der Waals surface area (Å²) in [4.78, 5) is 8.55. The van der Waals surface area contributed by atoms with Crippen molar-refractivity contribution in [3.05, 3.63) is 22.2 Å². The van der Waals surface area contributed by atoms with E-state index in [4.69, 9.17) is 23.2 Å². The Morgan fingerprint density at radius 2 is 1.88 bits per heavy atom. The van der Waals surface area contributed by atoms with E-state index in [1.54, 1.807) is 10.6 Å². The summed E-state index contributed by atoms with van der Waals surface area (Å²) in [6, 6.07) is 1.58. The lowest BCUT2D eigenvalue weighted by atomic mass is 9.89. The Hall–Kier alpha value is -0.870. The molecule has 0 aliphatic heterocycles. The zero-order chi connectivity index (χ0) is 11.8. The minimum Gasteiger partial charge on any atom is -0.199 e. The lowest BCUT2D eigenvalue weighted by Gasteiger charge is -2.17. The molecule has 2 aromatic heterocycles. The third-order valence-corrected chi connectivity index (χ3v) is 3.69. The van der Waals surface area contributed by atoms with Gasteiger partial charge in [-0.15, -0.1) is 5.10 Å². The molecular weight excluding hydrogens is 259 g/mol. The number of nitrogens with zero attached hydrogens (tertiary/aromatic N) is 4. The topological polar surface area (TPSA) is 43.1 Å². The molecule has 1 aliphatic rings. The van der Waals surface area contributed by atoms with Crippen molar-refractivity contribution in [3.8, 4) is 0 Å². The molecule has 0 amide bonds. The van der Waals surface area contributed by atoms with E-state index in [1.165, 1.54) is 19.3 Å². The highest BCUT2D eigenvalue weighted by atomic mass is 35.5. The van der Waals surface area contributed by atoms with Crippen molar-refractivity contribution in [2.75, 3.05) is 0 Å². The van der Waals surface area contributed by atoms with Gasteiger partial charge < -0.3 is 0 Å². The normalized spacial score (nSPS) is 17.8. The van der Waals surface area contributed by atoms with Gasteiger partial charge in [-0.05, 0) is 12.8 Å². The van der Waals surface area contributed by atoms with Gasteiger partial charge in [-0.1, -0.05) is 42.5 Å². The van der Waals surface area contributed by atoms with Crippen LogP contribution in [0.2, 0.25) is 10.3 Å². The van der Waals surface area contributed by atoms with Crippen molar-refractivity contribution in [3.63, 3.8) is 0 Å². The summed E-state index contributed by atoms with van der Waals surface area (Å²) in [6.07, 6.45) is 6.13. The van der Waals surface area contributed by atoms with Gasteiger partial charge in [0.25, 0.3) is 5.78 Å². The first-order valence-corrected chi connectivity index (χ1v) is 6.58. The molecule has 1 saturated carbocycles. The highest BCUT2D eigenvalue weighted by Crippen LogP contribution is 2.31. The summed E-state index contributed by atoms with van der Waals surface area (Å²) in [7, 11) is 0. The van der Waals surface area contributed by atoms with Gasteiger partial charge in [0.05, 0.1) is 0 Å². The maximum atomic E-state index is 6.05. The van der Waals surface area contributed by atoms with Gasteiger partial charge >= 0.3 is 0 Å². The van der Waals surface area contributed by atoms with Crippen molar-refractivity contribution in [2.24, 2.45) is 0 Å². The van der Waals surface area contributed by atoms with Crippen LogP contribution in [0.4, 0.5) is 0 Å². The average molecular weight is 271 g/mol. The van der Waals surface area contributed by atoms with Crippen LogP contribution < -0.4 is 0 Å². The Morgan fingerprint density at radius 1 is 1.12 bits per heavy atom. The van der Waals surface area contributed by atoms with Crippen molar-refractivity contribution < 1.29 is 0 Å². The summed E-state index contributed by atoms with van der Waals surface area (Å²) in [5.74, 6) is 1.78. The Kier molecular flexibility index (Phi) is 2.92. The molecule has 1 aliphatic carbocycles. The molecule has 90 valence electrons. The fourth-order valence-electron chi connectivity index (χ4n) is 2.36. The zero-order valence-corrected chi connectivity index (χ0v) is 10.7. The highest BCUT2D eigenvalue weighted by Gasteiger charge is 2.21. The minimum atomic E-state index is 0.352. The molecule has 0 saturated heterocycles. The Morgan fingerprint density at radius 3 is 2.65 bits per heavy atom. The van der Waals surface area contributed by atoms with E-state index in [9.17, 15) is 0 Å². The molecule has 0 spiro atoms. The van der Waals surface area contributed by atoms with Gasteiger partial charge in [0.1, 0.15) is 10.3 Å². The maximum Gasteiger partial charge on any atom is 0.255 e. The fraction of sp³-hybridized carbons (Fsp3) is 0.545. The fourth-order valence-corrected chi connectivity index (χ4v) is 2.81. The monoisotopic (exact) mass is 270 g/mol. The lowest BCUT2D eigenvalue weighted by Crippen LogP contribution is -2.06. The zero-order valence-electron chi connectivity index (χ0n) is 9.24. The van der Waals surface area contributed by atoms with Crippen molar-refractivity contribution >= 4 is 29.0 Å². The average Bonchev–Trinajstić information content (AvgIpc) is 2.74. The molecule has 6 heteroatoms. The number of fused-ring (bicyclic) bond motifs is 1. The van der Waals surface area contributed by atoms with Crippen molar-refractivity contribution in [1.29, 1.82) is 0 Å². The van der Waals surface area contributed by atoms with Gasteiger partial charge in [0.2, 0.25) is 0 Å². The van der Waals surface area contributed by atoms with Crippen LogP contribution in [0.25, 0.3) is 5.78 Å². The summed E-state index contributed by atoms with van der Waals surface area (Å²) in [5.41, 5.74) is 0. The molecule has 0 N–H and O–H groups in total. The molecule has 0 bridgehead atoms. The van der Waals surface area contributed by atoms with Crippen LogP contribution in [-0.4, -0.2) is 19.6 Å². The first-order valence-electron chi connectivity index (χ1n) is 5.83. The summed E-state index contributed by atoms with van der Waals surface area (Å²) in [6.45, 7) is 0. The van der Waals surface area contributed by atoms with E-state index < -0.39 is 0 Å². The van der Waals surface area contributed by atoms with Crippen LogP contribution in [0.3, 0.4) is 0 Å². The quantitative estimate of drug-likeness (QED) is 0.746. The van der Waals surface area contributed by atoms with Gasteiger partial charge in [-0.25, -0.2) is 0 Å². The molecule has 0 aromatic carbocycles. The van der Waals surface area contributed by atoms with E-state index in [0.717, 1.165) is 18.7 Å². The second-order valence-electron chi connectivity index (χ2n) is 4.42. The number of hydrogen-bond donors (Lipinski definition) is 0. The van der Waals surface area contributed by atoms with Crippen LogP contribution in [0, 0.1) is 0 Å². The maximum absolute atomic E-state index is 6.05. The third kappa shape index (κ3) is 2.11. The van der Waals surface area contributed by atoms with Crippen molar-refractivity contribution in [2.45, 2.75) is 38.0 Å². The molecule has 2 aromatic rings. The summed E-state index contributed by atoms with van der Waals surface area (Å²) in [5, 5.41) is 5.23. The van der Waals surface area contributed by atoms with Crippen LogP contribution in [-0.2, 0) is 0 Å². The minimum absolute atomic E-state index is 0.352. The first kappa shape index (κ1) is 11.2. The second-order valence-corrected chi connectivity index (χ2v) is 5.19. The Labute approximate surface area is 109 Å². The van der Waals surface area contributed by atoms with Crippen LogP contribution in [0.5, 0.6) is 0 Å². The van der Waals surface area contributed by atoms with E-state index in [0.29, 0.717) is 22.0 Å². The van der Waals surface area contributed by atoms with E-state index in [1.807, 2.05) is 0 Å². The van der Waals surface area contributed by atoms with Gasteiger partial charge in [-0.3, -0.25) is 0 Å². The second kappa shape index (κ2) is 4.42. The summed E-state index contributed by atoms with van der Waals surface area (Å²) < 4.78 is 1.55. The smallest absolute Gasteiger partial charge is 0.199 e. The SMILES string of the molecule is Clc1cc(Cl)n2nc(C3CCCCC3)nc2n1. The van der Waals surface area contributed by atoms with Gasteiger partial charge in [0.15, 0.2) is 5.82 Å². The molecule has 4 nitrogen and oxygen atoms in total. The van der Waals surface area contributed by atoms with Crippen LogP contribution >= 0.6 is 23.2 Å². The molecule has 17 heavy (non-hydrogen) atoms. The predicted molar refractivity (Wildman–Crippen MR) is 66.6 cm³/mol.